The SMILES string of the molecule is CCOC(=O)C(=O)NCC1CC2CCC1C2. The number of carbonyl (C=O) groups is 2. The highest BCUT2D eigenvalue weighted by Crippen LogP contribution is 2.47. The van der Waals surface area contributed by atoms with Crippen molar-refractivity contribution < 1.29 is 14.3 Å². The van der Waals surface area contributed by atoms with Gasteiger partial charge in [-0.1, -0.05) is 6.42 Å². The zero-order chi connectivity index (χ0) is 11.5. The Labute approximate surface area is 95.7 Å². The van der Waals surface area contributed by atoms with Crippen LogP contribution in [0.1, 0.15) is 32.6 Å². The maximum absolute atomic E-state index is 11.3. The molecule has 1 amide bonds. The molecule has 0 spiro atoms. The highest BCUT2D eigenvalue weighted by Gasteiger charge is 2.39. The summed E-state index contributed by atoms with van der Waals surface area (Å²) in [5.41, 5.74) is 0. The van der Waals surface area contributed by atoms with Crippen LogP contribution in [0.25, 0.3) is 0 Å². The summed E-state index contributed by atoms with van der Waals surface area (Å²) in [4.78, 5) is 22.4. The number of amides is 1. The average molecular weight is 225 g/mol. The van der Waals surface area contributed by atoms with Crippen LogP contribution in [0.3, 0.4) is 0 Å². The predicted octanol–water partition coefficient (Wildman–Crippen LogP) is 1.10. The molecule has 1 N–H and O–H groups in total. The summed E-state index contributed by atoms with van der Waals surface area (Å²) in [5, 5.41) is 2.68. The van der Waals surface area contributed by atoms with E-state index in [0.717, 1.165) is 11.8 Å². The van der Waals surface area contributed by atoms with E-state index in [1.807, 2.05) is 0 Å². The minimum Gasteiger partial charge on any atom is -0.459 e. The van der Waals surface area contributed by atoms with E-state index in [4.69, 9.17) is 0 Å². The Morgan fingerprint density at radius 1 is 1.31 bits per heavy atom. The molecule has 0 radical (unpaired) electrons. The highest BCUT2D eigenvalue weighted by molar-refractivity contribution is 6.32. The molecule has 90 valence electrons. The molecule has 4 nitrogen and oxygen atoms in total. The highest BCUT2D eigenvalue weighted by atomic mass is 16.5. The molecule has 2 fully saturated rings. The lowest BCUT2D eigenvalue weighted by molar-refractivity contribution is -0.154. The lowest BCUT2D eigenvalue weighted by atomic mass is 9.89. The molecule has 2 rings (SSSR count). The van der Waals surface area contributed by atoms with E-state index in [9.17, 15) is 9.59 Å². The monoisotopic (exact) mass is 225 g/mol. The lowest BCUT2D eigenvalue weighted by Gasteiger charge is -2.21. The van der Waals surface area contributed by atoms with Crippen molar-refractivity contribution in [3.05, 3.63) is 0 Å². The molecule has 16 heavy (non-hydrogen) atoms. The molecule has 3 unspecified atom stereocenters. The zero-order valence-corrected chi connectivity index (χ0v) is 9.70. The van der Waals surface area contributed by atoms with Gasteiger partial charge in [0.15, 0.2) is 0 Å². The van der Waals surface area contributed by atoms with Crippen LogP contribution in [-0.2, 0) is 14.3 Å². The van der Waals surface area contributed by atoms with Gasteiger partial charge >= 0.3 is 11.9 Å². The molecule has 0 aromatic carbocycles. The first kappa shape index (κ1) is 11.4. The Kier molecular flexibility index (Phi) is 3.46. The van der Waals surface area contributed by atoms with E-state index in [2.05, 4.69) is 10.1 Å². The standard InChI is InChI=1S/C12H19NO3/c1-2-16-12(15)11(14)13-7-10-6-8-3-4-9(10)5-8/h8-10H,2-7H2,1H3,(H,13,14). The molecule has 0 aromatic heterocycles. The topological polar surface area (TPSA) is 55.4 Å². The molecule has 2 aliphatic rings. The molecule has 0 aliphatic heterocycles. The van der Waals surface area contributed by atoms with Crippen molar-refractivity contribution in [1.29, 1.82) is 0 Å². The number of hydrogen-bond donors (Lipinski definition) is 1. The van der Waals surface area contributed by atoms with Crippen molar-refractivity contribution in [2.45, 2.75) is 32.6 Å². The molecular formula is C12H19NO3. The predicted molar refractivity (Wildman–Crippen MR) is 58.6 cm³/mol. The quantitative estimate of drug-likeness (QED) is 0.578. The van der Waals surface area contributed by atoms with E-state index >= 15 is 0 Å². The summed E-state index contributed by atoms with van der Waals surface area (Å²) in [6.45, 7) is 2.58. The number of hydrogen-bond acceptors (Lipinski definition) is 3. The first-order valence-electron chi connectivity index (χ1n) is 6.15. The van der Waals surface area contributed by atoms with Crippen molar-refractivity contribution in [2.75, 3.05) is 13.2 Å². The van der Waals surface area contributed by atoms with E-state index in [1.165, 1.54) is 25.7 Å². The fraction of sp³-hybridized carbons (Fsp3) is 0.833. The maximum atomic E-state index is 11.3. The number of nitrogens with one attached hydrogen (secondary N) is 1. The van der Waals surface area contributed by atoms with E-state index < -0.39 is 11.9 Å². The van der Waals surface area contributed by atoms with Gasteiger partial charge in [-0.3, -0.25) is 4.79 Å². The van der Waals surface area contributed by atoms with Gasteiger partial charge < -0.3 is 10.1 Å². The Hall–Kier alpha value is -1.06. The molecule has 2 bridgehead atoms. The Bertz CT molecular complexity index is 290. The number of rotatable bonds is 3. The van der Waals surface area contributed by atoms with Crippen molar-refractivity contribution in [3.63, 3.8) is 0 Å². The van der Waals surface area contributed by atoms with Gasteiger partial charge in [-0.2, -0.15) is 0 Å². The maximum Gasteiger partial charge on any atom is 0.396 e. The van der Waals surface area contributed by atoms with Crippen LogP contribution in [0.5, 0.6) is 0 Å². The smallest absolute Gasteiger partial charge is 0.396 e. The summed E-state index contributed by atoms with van der Waals surface area (Å²) >= 11 is 0. The van der Waals surface area contributed by atoms with Crippen molar-refractivity contribution in [3.8, 4) is 0 Å². The van der Waals surface area contributed by atoms with Gasteiger partial charge in [0.2, 0.25) is 0 Å². The summed E-state index contributed by atoms with van der Waals surface area (Å²) < 4.78 is 4.63. The van der Waals surface area contributed by atoms with Crippen LogP contribution in [0.15, 0.2) is 0 Å². The van der Waals surface area contributed by atoms with E-state index in [1.54, 1.807) is 6.92 Å². The first-order chi connectivity index (χ1) is 7.70. The molecule has 4 heteroatoms. The van der Waals surface area contributed by atoms with Crippen LogP contribution in [0.4, 0.5) is 0 Å². The fourth-order valence-corrected chi connectivity index (χ4v) is 3.12. The molecule has 0 aromatic rings. The van der Waals surface area contributed by atoms with Crippen molar-refractivity contribution >= 4 is 11.9 Å². The summed E-state index contributed by atoms with van der Waals surface area (Å²) in [7, 11) is 0. The van der Waals surface area contributed by atoms with Gasteiger partial charge in [0.05, 0.1) is 6.61 Å². The Balaban J connectivity index is 1.71. The number of esters is 1. The van der Waals surface area contributed by atoms with Gasteiger partial charge in [0.25, 0.3) is 0 Å². The van der Waals surface area contributed by atoms with Crippen LogP contribution >= 0.6 is 0 Å². The van der Waals surface area contributed by atoms with Crippen LogP contribution in [0, 0.1) is 17.8 Å². The second-order valence-corrected chi connectivity index (χ2v) is 4.87. The molecule has 0 saturated heterocycles. The number of carbonyl (C=O) groups excluding carboxylic acids is 2. The minimum absolute atomic E-state index is 0.250. The molecule has 0 heterocycles. The van der Waals surface area contributed by atoms with Crippen LogP contribution in [0.2, 0.25) is 0 Å². The van der Waals surface area contributed by atoms with Gasteiger partial charge in [-0.15, -0.1) is 0 Å². The third kappa shape index (κ3) is 2.36. The van der Waals surface area contributed by atoms with Gasteiger partial charge in [0.1, 0.15) is 0 Å². The molecule has 3 atom stereocenters. The van der Waals surface area contributed by atoms with Crippen LogP contribution < -0.4 is 5.32 Å². The normalized spacial score (nSPS) is 31.4. The van der Waals surface area contributed by atoms with Crippen molar-refractivity contribution in [2.24, 2.45) is 17.8 Å². The summed E-state index contributed by atoms with van der Waals surface area (Å²) in [6, 6.07) is 0. The van der Waals surface area contributed by atoms with E-state index in [0.29, 0.717) is 12.5 Å². The van der Waals surface area contributed by atoms with Gasteiger partial charge in [-0.25, -0.2) is 4.79 Å². The van der Waals surface area contributed by atoms with Gasteiger partial charge in [0, 0.05) is 6.54 Å². The minimum atomic E-state index is -0.759. The average Bonchev–Trinajstić information content (AvgIpc) is 2.87. The molecular weight excluding hydrogens is 206 g/mol. The Morgan fingerprint density at radius 2 is 2.12 bits per heavy atom. The second kappa shape index (κ2) is 4.85. The molecule has 2 aliphatic carbocycles. The zero-order valence-electron chi connectivity index (χ0n) is 9.70. The van der Waals surface area contributed by atoms with E-state index in [-0.39, 0.29) is 6.61 Å². The Morgan fingerprint density at radius 3 is 2.69 bits per heavy atom. The number of fused-ring (bicyclic) bond motifs is 2. The summed E-state index contributed by atoms with van der Waals surface area (Å²) in [6.07, 6.45) is 5.19. The number of ether oxygens (including phenoxy) is 1. The first-order valence-corrected chi connectivity index (χ1v) is 6.15. The van der Waals surface area contributed by atoms with Crippen LogP contribution in [-0.4, -0.2) is 25.0 Å². The largest absolute Gasteiger partial charge is 0.459 e. The third-order valence-corrected chi connectivity index (χ3v) is 3.87. The lowest BCUT2D eigenvalue weighted by Crippen LogP contribution is -2.37. The second-order valence-electron chi connectivity index (χ2n) is 4.87. The third-order valence-electron chi connectivity index (χ3n) is 3.87. The van der Waals surface area contributed by atoms with Crippen molar-refractivity contribution in [1.82, 2.24) is 5.32 Å². The van der Waals surface area contributed by atoms with Gasteiger partial charge in [-0.05, 0) is 43.9 Å². The summed E-state index contributed by atoms with van der Waals surface area (Å²) in [5.74, 6) is 0.870. The fourth-order valence-electron chi connectivity index (χ4n) is 3.12. The molecule has 2 saturated carbocycles.